The number of anilines is 2. The van der Waals surface area contributed by atoms with Gasteiger partial charge in [-0.05, 0) is 29.8 Å². The number of nitrogens with one attached hydrogen (secondary N) is 1. The van der Waals surface area contributed by atoms with Crippen molar-refractivity contribution in [3.63, 3.8) is 0 Å². The number of aromatic amines is 1. The summed E-state index contributed by atoms with van der Waals surface area (Å²) in [7, 11) is 0. The monoisotopic (exact) mass is 419 g/mol. The van der Waals surface area contributed by atoms with Crippen LogP contribution in [-0.2, 0) is 19.5 Å². The highest BCUT2D eigenvalue weighted by Gasteiger charge is 2.24. The molecule has 1 saturated heterocycles. The van der Waals surface area contributed by atoms with Crippen LogP contribution < -0.4 is 15.4 Å². The number of benzene rings is 2. The second-order valence-electron chi connectivity index (χ2n) is 8.21. The minimum Gasteiger partial charge on any atom is -0.368 e. The first-order valence-electron chi connectivity index (χ1n) is 10.8. The molecule has 0 atom stereocenters. The van der Waals surface area contributed by atoms with Gasteiger partial charge in [-0.1, -0.05) is 30.3 Å². The fourth-order valence-corrected chi connectivity index (χ4v) is 4.42. The minimum absolute atomic E-state index is 0.0290. The lowest BCUT2D eigenvalue weighted by atomic mass is 10.1. The van der Waals surface area contributed by atoms with E-state index in [0.29, 0.717) is 12.5 Å². The molecule has 1 fully saturated rings. The van der Waals surface area contributed by atoms with Gasteiger partial charge in [-0.3, -0.25) is 14.7 Å². The van der Waals surface area contributed by atoms with E-state index in [1.54, 1.807) is 0 Å². The Hall–Kier alpha value is -3.19. The van der Waals surface area contributed by atoms with E-state index >= 15 is 0 Å². The van der Waals surface area contributed by atoms with E-state index in [9.17, 15) is 9.18 Å². The molecule has 0 bridgehead atoms. The molecular weight excluding hydrogens is 393 g/mol. The molecule has 0 amide bonds. The Morgan fingerprint density at radius 2 is 1.61 bits per heavy atom. The second-order valence-corrected chi connectivity index (χ2v) is 8.21. The molecule has 1 aromatic heterocycles. The van der Waals surface area contributed by atoms with Crippen molar-refractivity contribution in [2.24, 2.45) is 0 Å². The SMILES string of the molecule is O=c1[nH]c(N2CCN(c3ccc(F)cc3)CC2)nc2c1CN(Cc1ccccc1)CC2. The molecule has 3 heterocycles. The molecule has 1 N–H and O–H groups in total. The van der Waals surface area contributed by atoms with Gasteiger partial charge in [0.1, 0.15) is 5.82 Å². The van der Waals surface area contributed by atoms with Gasteiger partial charge in [0.25, 0.3) is 5.56 Å². The first-order chi connectivity index (χ1) is 15.2. The third-order valence-electron chi connectivity index (χ3n) is 6.16. The zero-order chi connectivity index (χ0) is 21.2. The van der Waals surface area contributed by atoms with Crippen LogP contribution in [-0.4, -0.2) is 47.6 Å². The fraction of sp³-hybridized carbons (Fsp3) is 0.333. The van der Waals surface area contributed by atoms with Gasteiger partial charge in [0.15, 0.2) is 0 Å². The van der Waals surface area contributed by atoms with E-state index in [1.807, 2.05) is 30.3 Å². The number of H-pyrrole nitrogens is 1. The predicted octanol–water partition coefficient (Wildman–Crippen LogP) is 2.79. The summed E-state index contributed by atoms with van der Waals surface area (Å²) in [5.74, 6) is 0.444. The molecule has 2 aliphatic heterocycles. The van der Waals surface area contributed by atoms with Gasteiger partial charge in [0.05, 0.1) is 11.3 Å². The lowest BCUT2D eigenvalue weighted by molar-refractivity contribution is 0.242. The number of halogens is 1. The van der Waals surface area contributed by atoms with Crippen molar-refractivity contribution >= 4 is 11.6 Å². The van der Waals surface area contributed by atoms with Crippen molar-refractivity contribution in [2.45, 2.75) is 19.5 Å². The van der Waals surface area contributed by atoms with Crippen molar-refractivity contribution in [1.82, 2.24) is 14.9 Å². The Labute approximate surface area is 180 Å². The molecule has 0 radical (unpaired) electrons. The van der Waals surface area contributed by atoms with Crippen LogP contribution in [0.25, 0.3) is 0 Å². The quantitative estimate of drug-likeness (QED) is 0.705. The molecule has 0 saturated carbocycles. The van der Waals surface area contributed by atoms with Crippen LogP contribution in [0.5, 0.6) is 0 Å². The Morgan fingerprint density at radius 3 is 2.35 bits per heavy atom. The standard InChI is InChI=1S/C24H26FN5O/c25-19-6-8-20(9-7-19)29-12-14-30(15-13-29)24-26-22-10-11-28(17-21(22)23(31)27-24)16-18-4-2-1-3-5-18/h1-9H,10-17H2,(H,26,27,31). The first-order valence-corrected chi connectivity index (χ1v) is 10.8. The highest BCUT2D eigenvalue weighted by Crippen LogP contribution is 2.21. The Kier molecular flexibility index (Phi) is 5.42. The zero-order valence-electron chi connectivity index (χ0n) is 17.4. The lowest BCUT2D eigenvalue weighted by Crippen LogP contribution is -2.48. The van der Waals surface area contributed by atoms with Crippen LogP contribution in [0.3, 0.4) is 0 Å². The third-order valence-corrected chi connectivity index (χ3v) is 6.16. The summed E-state index contributed by atoms with van der Waals surface area (Å²) in [6.07, 6.45) is 0.786. The smallest absolute Gasteiger partial charge is 0.257 e. The average molecular weight is 420 g/mol. The van der Waals surface area contributed by atoms with E-state index in [4.69, 9.17) is 4.98 Å². The van der Waals surface area contributed by atoms with Gasteiger partial charge in [0.2, 0.25) is 5.95 Å². The molecule has 5 rings (SSSR count). The highest BCUT2D eigenvalue weighted by atomic mass is 19.1. The second kappa shape index (κ2) is 8.51. The van der Waals surface area contributed by atoms with Crippen LogP contribution in [0, 0.1) is 5.82 Å². The molecule has 7 heteroatoms. The molecule has 0 spiro atoms. The van der Waals surface area contributed by atoms with Crippen molar-refractivity contribution in [3.05, 3.63) is 87.6 Å². The minimum atomic E-state index is -0.222. The maximum absolute atomic E-state index is 13.2. The van der Waals surface area contributed by atoms with Crippen molar-refractivity contribution in [1.29, 1.82) is 0 Å². The number of hydrogen-bond donors (Lipinski definition) is 1. The summed E-state index contributed by atoms with van der Waals surface area (Å²) in [4.78, 5) is 27.4. The maximum Gasteiger partial charge on any atom is 0.257 e. The van der Waals surface area contributed by atoms with Crippen LogP contribution in [0.2, 0.25) is 0 Å². The molecule has 0 unspecified atom stereocenters. The van der Waals surface area contributed by atoms with Gasteiger partial charge in [-0.25, -0.2) is 9.37 Å². The van der Waals surface area contributed by atoms with Crippen LogP contribution in [0.15, 0.2) is 59.4 Å². The van der Waals surface area contributed by atoms with Crippen LogP contribution >= 0.6 is 0 Å². The Morgan fingerprint density at radius 1 is 0.903 bits per heavy atom. The number of fused-ring (bicyclic) bond motifs is 1. The van der Waals surface area contributed by atoms with E-state index in [1.165, 1.54) is 17.7 Å². The molecule has 2 aromatic carbocycles. The number of piperazine rings is 1. The molecular formula is C24H26FN5O. The van der Waals surface area contributed by atoms with E-state index < -0.39 is 0 Å². The number of aromatic nitrogens is 2. The number of rotatable bonds is 4. The van der Waals surface area contributed by atoms with Crippen molar-refractivity contribution in [2.75, 3.05) is 42.5 Å². The predicted molar refractivity (Wildman–Crippen MR) is 120 cm³/mol. The van der Waals surface area contributed by atoms with Crippen molar-refractivity contribution in [3.8, 4) is 0 Å². The van der Waals surface area contributed by atoms with Gasteiger partial charge < -0.3 is 9.80 Å². The van der Waals surface area contributed by atoms with Gasteiger partial charge >= 0.3 is 0 Å². The number of nitrogens with zero attached hydrogens (tertiary/aromatic N) is 4. The molecule has 0 aliphatic carbocycles. The maximum atomic E-state index is 13.2. The van der Waals surface area contributed by atoms with Gasteiger partial charge in [0, 0.05) is 57.9 Å². The summed E-state index contributed by atoms with van der Waals surface area (Å²) in [5, 5.41) is 0. The lowest BCUT2D eigenvalue weighted by Gasteiger charge is -2.37. The van der Waals surface area contributed by atoms with E-state index in [2.05, 4.69) is 31.8 Å². The largest absolute Gasteiger partial charge is 0.368 e. The summed E-state index contributed by atoms with van der Waals surface area (Å²) < 4.78 is 13.2. The summed E-state index contributed by atoms with van der Waals surface area (Å²) in [5.41, 5.74) is 3.95. The third kappa shape index (κ3) is 4.32. The number of hydrogen-bond acceptors (Lipinski definition) is 5. The van der Waals surface area contributed by atoms with E-state index in [0.717, 1.165) is 62.6 Å². The highest BCUT2D eigenvalue weighted by molar-refractivity contribution is 5.48. The average Bonchev–Trinajstić information content (AvgIpc) is 2.81. The molecule has 2 aliphatic rings. The Balaban J connectivity index is 1.26. The normalized spacial score (nSPS) is 16.9. The summed E-state index contributed by atoms with van der Waals surface area (Å²) >= 11 is 0. The molecule has 31 heavy (non-hydrogen) atoms. The van der Waals surface area contributed by atoms with E-state index in [-0.39, 0.29) is 11.4 Å². The Bertz CT molecular complexity index is 1090. The fourth-order valence-electron chi connectivity index (χ4n) is 4.42. The van der Waals surface area contributed by atoms with Crippen LogP contribution in [0.4, 0.5) is 16.0 Å². The van der Waals surface area contributed by atoms with Gasteiger partial charge in [-0.2, -0.15) is 0 Å². The topological polar surface area (TPSA) is 55.5 Å². The van der Waals surface area contributed by atoms with Crippen molar-refractivity contribution < 1.29 is 4.39 Å². The molecule has 160 valence electrons. The first kappa shape index (κ1) is 19.8. The summed E-state index contributed by atoms with van der Waals surface area (Å²) in [6, 6.07) is 16.9. The van der Waals surface area contributed by atoms with Gasteiger partial charge in [-0.15, -0.1) is 0 Å². The summed E-state index contributed by atoms with van der Waals surface area (Å²) in [6.45, 7) is 5.50. The zero-order valence-corrected chi connectivity index (χ0v) is 17.4. The molecule has 3 aromatic rings. The molecule has 6 nitrogen and oxygen atoms in total. The van der Waals surface area contributed by atoms with Crippen LogP contribution in [0.1, 0.15) is 16.8 Å².